The van der Waals surface area contributed by atoms with Gasteiger partial charge in [-0.2, -0.15) is 0 Å². The van der Waals surface area contributed by atoms with E-state index in [0.717, 1.165) is 22.3 Å². The van der Waals surface area contributed by atoms with Crippen LogP contribution >= 0.6 is 0 Å². The number of nitrogens with zero attached hydrogens (tertiary/aromatic N) is 2. The molecule has 0 N–H and O–H groups in total. The Morgan fingerprint density at radius 3 is 1.43 bits per heavy atom. The molecule has 0 saturated heterocycles. The quantitative estimate of drug-likeness (QED) is 0.0471. The predicted molar refractivity (Wildman–Crippen MR) is 196 cm³/mol. The molecule has 0 aliphatic rings. The highest BCUT2D eigenvalue weighted by atomic mass is 16.6. The van der Waals surface area contributed by atoms with Crippen molar-refractivity contribution in [3.63, 3.8) is 0 Å². The normalized spacial score (nSPS) is 10.9. The van der Waals surface area contributed by atoms with Gasteiger partial charge in [0.1, 0.15) is 44.7 Å². The summed E-state index contributed by atoms with van der Waals surface area (Å²) in [5.74, 6) is 0.158. The van der Waals surface area contributed by atoms with E-state index < -0.39 is 11.9 Å². The standard InChI is InChI=1S/C20H21NO6.C20H21NO5/c1-13-11-16(27-14(2)22)9-10-18(13)26-12-15-7-5-6-8-17(15)19(21-25-4)20(23)24-3;1-13-11-15(14(2)22)9-10-18(13)26-12-16-7-5-6-8-17(16)19(21-25-4)20(23)24-3/h5-11H,12H2,1-4H3;5-11H,12H2,1-4H3/b2*21-19+. The maximum absolute atomic E-state index is 12.0. The van der Waals surface area contributed by atoms with Crippen molar-refractivity contribution in [2.24, 2.45) is 10.3 Å². The highest BCUT2D eigenvalue weighted by Crippen LogP contribution is 2.26. The van der Waals surface area contributed by atoms with Crippen LogP contribution in [-0.4, -0.2) is 63.6 Å². The van der Waals surface area contributed by atoms with Gasteiger partial charge in [-0.25, -0.2) is 9.59 Å². The number of esters is 3. The summed E-state index contributed by atoms with van der Waals surface area (Å²) in [5.41, 5.74) is 5.04. The number of ether oxygens (including phenoxy) is 5. The molecule has 0 fully saturated rings. The first-order valence-corrected chi connectivity index (χ1v) is 16.2. The topological polar surface area (TPSA) is 158 Å². The fraction of sp³-hybridized carbons (Fsp3) is 0.250. The van der Waals surface area contributed by atoms with Gasteiger partial charge >= 0.3 is 17.9 Å². The first kappa shape index (κ1) is 40.9. The molecular formula is C40H42N2O11. The lowest BCUT2D eigenvalue weighted by Crippen LogP contribution is -2.19. The molecule has 4 aromatic rings. The van der Waals surface area contributed by atoms with Crippen molar-refractivity contribution in [1.29, 1.82) is 0 Å². The molecule has 13 heteroatoms. The molecule has 0 spiro atoms. The molecular weight excluding hydrogens is 684 g/mol. The van der Waals surface area contributed by atoms with E-state index in [9.17, 15) is 19.2 Å². The maximum Gasteiger partial charge on any atom is 0.360 e. The van der Waals surface area contributed by atoms with Crippen LogP contribution in [0.15, 0.2) is 95.2 Å². The summed E-state index contributed by atoms with van der Waals surface area (Å²) in [6.45, 7) is 7.01. The Morgan fingerprint density at radius 1 is 0.585 bits per heavy atom. The Labute approximate surface area is 308 Å². The molecule has 0 aliphatic carbocycles. The van der Waals surface area contributed by atoms with Crippen LogP contribution in [0.1, 0.15) is 57.6 Å². The zero-order valence-electron chi connectivity index (χ0n) is 30.9. The fourth-order valence-electron chi connectivity index (χ4n) is 4.88. The molecule has 0 bridgehead atoms. The van der Waals surface area contributed by atoms with Gasteiger partial charge in [0.15, 0.2) is 17.2 Å². The number of benzene rings is 4. The summed E-state index contributed by atoms with van der Waals surface area (Å²) in [6, 6.07) is 24.8. The Hall–Kier alpha value is -6.50. The van der Waals surface area contributed by atoms with E-state index in [-0.39, 0.29) is 36.4 Å². The van der Waals surface area contributed by atoms with Gasteiger partial charge in [0.2, 0.25) is 0 Å². The lowest BCUT2D eigenvalue weighted by Gasteiger charge is -2.13. The number of hydrogen-bond acceptors (Lipinski definition) is 13. The molecule has 0 aliphatic heterocycles. The summed E-state index contributed by atoms with van der Waals surface area (Å²) in [6.07, 6.45) is 0. The molecule has 4 rings (SSSR count). The van der Waals surface area contributed by atoms with Crippen molar-refractivity contribution in [3.8, 4) is 17.2 Å². The number of carbonyl (C=O) groups excluding carboxylic acids is 4. The van der Waals surface area contributed by atoms with Crippen LogP contribution in [0.4, 0.5) is 0 Å². The summed E-state index contributed by atoms with van der Waals surface area (Å²) in [7, 11) is 5.28. The second-order valence-electron chi connectivity index (χ2n) is 11.2. The van der Waals surface area contributed by atoms with Crippen molar-refractivity contribution in [2.75, 3.05) is 28.4 Å². The van der Waals surface area contributed by atoms with Crippen molar-refractivity contribution >= 4 is 35.1 Å². The van der Waals surface area contributed by atoms with Crippen LogP contribution in [0.2, 0.25) is 0 Å². The maximum atomic E-state index is 12.0. The minimum Gasteiger partial charge on any atom is -0.489 e. The van der Waals surface area contributed by atoms with Crippen molar-refractivity contribution in [1.82, 2.24) is 0 Å². The third kappa shape index (κ3) is 11.8. The van der Waals surface area contributed by atoms with Gasteiger partial charge in [-0.05, 0) is 79.4 Å². The van der Waals surface area contributed by atoms with Crippen LogP contribution < -0.4 is 14.2 Å². The molecule has 0 aromatic heterocycles. The van der Waals surface area contributed by atoms with Gasteiger partial charge in [0.25, 0.3) is 0 Å². The number of carbonyl (C=O) groups is 4. The summed E-state index contributed by atoms with van der Waals surface area (Å²) in [4.78, 5) is 56.0. The van der Waals surface area contributed by atoms with Gasteiger partial charge in [-0.1, -0.05) is 58.8 Å². The predicted octanol–water partition coefficient (Wildman–Crippen LogP) is 6.32. The van der Waals surface area contributed by atoms with Crippen LogP contribution in [0, 0.1) is 13.8 Å². The average Bonchev–Trinajstić information content (AvgIpc) is 3.15. The third-order valence-corrected chi connectivity index (χ3v) is 7.42. The SMILES string of the molecule is CO/N=C(/C(=O)OC)c1ccccc1COc1ccc(C(C)=O)cc1C.CO/N=C(/C(=O)OC)c1ccccc1COc1ccc(OC(C)=O)cc1C. The van der Waals surface area contributed by atoms with Crippen LogP contribution in [0.5, 0.6) is 17.2 Å². The van der Waals surface area contributed by atoms with Crippen molar-refractivity contribution in [2.45, 2.75) is 40.9 Å². The van der Waals surface area contributed by atoms with Gasteiger partial charge < -0.3 is 33.4 Å². The zero-order chi connectivity index (χ0) is 38.9. The average molecular weight is 727 g/mol. The van der Waals surface area contributed by atoms with Crippen molar-refractivity contribution < 1.29 is 52.5 Å². The van der Waals surface area contributed by atoms with Gasteiger partial charge in [0, 0.05) is 23.6 Å². The van der Waals surface area contributed by atoms with E-state index in [4.69, 9.17) is 33.4 Å². The van der Waals surface area contributed by atoms with E-state index in [2.05, 4.69) is 10.3 Å². The van der Waals surface area contributed by atoms with Crippen LogP contribution in [-0.2, 0) is 46.7 Å². The minimum absolute atomic E-state index is 0.00323. The lowest BCUT2D eigenvalue weighted by atomic mass is 10.0. The van der Waals surface area contributed by atoms with Gasteiger partial charge in [-0.15, -0.1) is 0 Å². The first-order chi connectivity index (χ1) is 25.4. The van der Waals surface area contributed by atoms with E-state index in [1.54, 1.807) is 60.7 Å². The number of ketones is 1. The summed E-state index contributed by atoms with van der Waals surface area (Å²) >= 11 is 0. The Balaban J connectivity index is 0.000000286. The molecule has 53 heavy (non-hydrogen) atoms. The Bertz CT molecular complexity index is 1990. The Morgan fingerprint density at radius 2 is 1.04 bits per heavy atom. The second-order valence-corrected chi connectivity index (χ2v) is 11.2. The highest BCUT2D eigenvalue weighted by molar-refractivity contribution is 6.44. The molecule has 0 heterocycles. The Kier molecular flexibility index (Phi) is 15.7. The monoisotopic (exact) mass is 726 g/mol. The highest BCUT2D eigenvalue weighted by Gasteiger charge is 2.21. The third-order valence-electron chi connectivity index (χ3n) is 7.42. The molecule has 0 saturated carbocycles. The summed E-state index contributed by atoms with van der Waals surface area (Å²) < 4.78 is 26.3. The molecule has 0 atom stereocenters. The van der Waals surface area contributed by atoms with E-state index in [1.165, 1.54) is 42.3 Å². The molecule has 0 unspecified atom stereocenters. The number of hydrogen-bond donors (Lipinski definition) is 0. The van der Waals surface area contributed by atoms with E-state index in [0.29, 0.717) is 33.9 Å². The largest absolute Gasteiger partial charge is 0.489 e. The second kappa shape index (κ2) is 20.4. The van der Waals surface area contributed by atoms with Gasteiger partial charge in [-0.3, -0.25) is 9.59 Å². The number of rotatable bonds is 14. The molecule has 278 valence electrons. The number of oxime groups is 2. The molecule has 0 radical (unpaired) electrons. The van der Waals surface area contributed by atoms with Gasteiger partial charge in [0.05, 0.1) is 14.2 Å². The fourth-order valence-corrected chi connectivity index (χ4v) is 4.88. The zero-order valence-corrected chi connectivity index (χ0v) is 30.9. The molecule has 0 amide bonds. The first-order valence-electron chi connectivity index (χ1n) is 16.2. The minimum atomic E-state index is -0.605. The lowest BCUT2D eigenvalue weighted by molar-refractivity contribution is -0.133. The van der Waals surface area contributed by atoms with Crippen molar-refractivity contribution in [3.05, 3.63) is 124 Å². The molecule has 4 aromatic carbocycles. The molecule has 13 nitrogen and oxygen atoms in total. The van der Waals surface area contributed by atoms with E-state index >= 15 is 0 Å². The van der Waals surface area contributed by atoms with Crippen LogP contribution in [0.25, 0.3) is 0 Å². The number of Topliss-reactive ketones (excluding diaryl/α,β-unsaturated/α-hetero) is 1. The number of methoxy groups -OCH3 is 2. The van der Waals surface area contributed by atoms with E-state index in [1.807, 2.05) is 38.1 Å². The van der Waals surface area contributed by atoms with Crippen LogP contribution in [0.3, 0.4) is 0 Å². The number of aryl methyl sites for hydroxylation is 2. The summed E-state index contributed by atoms with van der Waals surface area (Å²) in [5, 5.41) is 7.55. The smallest absolute Gasteiger partial charge is 0.360 e.